The number of carbonyl (C=O) groups excluding carboxylic acids is 1. The van der Waals surface area contributed by atoms with Gasteiger partial charge in [0.25, 0.3) is 0 Å². The van der Waals surface area contributed by atoms with E-state index >= 15 is 0 Å². The fourth-order valence-corrected chi connectivity index (χ4v) is 3.77. The Morgan fingerprint density at radius 2 is 1.90 bits per heavy atom. The first-order chi connectivity index (χ1) is 14.3. The van der Waals surface area contributed by atoms with Gasteiger partial charge in [-0.15, -0.1) is 11.3 Å². The third-order valence-electron chi connectivity index (χ3n) is 4.92. The number of nitrogens with one attached hydrogen (secondary N) is 1. The molecule has 30 heavy (non-hydrogen) atoms. The van der Waals surface area contributed by atoms with E-state index in [0.29, 0.717) is 12.5 Å². The number of nitrogens with zero attached hydrogens (tertiary/aromatic N) is 2. The molecule has 0 saturated heterocycles. The number of aromatic nitrogens is 2. The Morgan fingerprint density at radius 3 is 2.53 bits per heavy atom. The van der Waals surface area contributed by atoms with E-state index in [2.05, 4.69) is 29.1 Å². The fraction of sp³-hybridized carbons (Fsp3) is 0.375. The highest BCUT2D eigenvalue weighted by molar-refractivity contribution is 7.10. The highest BCUT2D eigenvalue weighted by Crippen LogP contribution is 2.29. The average Bonchev–Trinajstić information content (AvgIpc) is 3.23. The number of benzene rings is 1. The molecule has 1 atom stereocenters. The van der Waals surface area contributed by atoms with Crippen LogP contribution in [0, 0.1) is 5.92 Å². The monoisotopic (exact) mass is 423 g/mol. The van der Waals surface area contributed by atoms with E-state index in [1.807, 2.05) is 62.5 Å². The second-order valence-corrected chi connectivity index (χ2v) is 9.25. The fourth-order valence-electron chi connectivity index (χ4n) is 2.93. The maximum Gasteiger partial charge on any atom is 0.230 e. The van der Waals surface area contributed by atoms with E-state index in [0.717, 1.165) is 27.6 Å². The topological polar surface area (TPSA) is 64.1 Å². The predicted molar refractivity (Wildman–Crippen MR) is 122 cm³/mol. The van der Waals surface area contributed by atoms with Crippen molar-refractivity contribution in [1.82, 2.24) is 15.3 Å². The van der Waals surface area contributed by atoms with Crippen molar-refractivity contribution in [3.05, 3.63) is 64.7 Å². The minimum Gasteiger partial charge on any atom is -0.493 e. The molecule has 1 amide bonds. The Hall–Kier alpha value is -2.73. The Morgan fingerprint density at radius 1 is 1.17 bits per heavy atom. The predicted octanol–water partition coefficient (Wildman–Crippen LogP) is 5.39. The van der Waals surface area contributed by atoms with Crippen LogP contribution in [0.4, 0.5) is 0 Å². The van der Waals surface area contributed by atoms with Crippen molar-refractivity contribution >= 4 is 17.2 Å². The van der Waals surface area contributed by atoms with Gasteiger partial charge >= 0.3 is 0 Å². The van der Waals surface area contributed by atoms with Gasteiger partial charge in [0.1, 0.15) is 10.8 Å². The summed E-state index contributed by atoms with van der Waals surface area (Å²) in [5, 5.41) is 5.98. The van der Waals surface area contributed by atoms with Gasteiger partial charge in [-0.25, -0.2) is 4.98 Å². The van der Waals surface area contributed by atoms with E-state index in [1.165, 1.54) is 0 Å². The SMILES string of the molecule is CC(C)COc1ccc(C(C)(C)C(=O)NC(C)c2nc(-c3cccnc3)cs2)cc1. The molecule has 2 aromatic heterocycles. The molecular weight excluding hydrogens is 394 g/mol. The zero-order chi connectivity index (χ0) is 21.7. The van der Waals surface area contributed by atoms with Crippen LogP contribution in [-0.2, 0) is 10.2 Å². The number of hydrogen-bond donors (Lipinski definition) is 1. The standard InChI is InChI=1S/C24H29N3O2S/c1-16(2)14-29-20-10-8-19(9-11-20)24(4,5)23(28)26-17(3)22-27-21(15-30-22)18-7-6-12-25-13-18/h6-13,15-17H,14H2,1-5H3,(H,26,28). The van der Waals surface area contributed by atoms with Crippen molar-refractivity contribution in [2.75, 3.05) is 6.61 Å². The molecule has 1 aromatic carbocycles. The first-order valence-electron chi connectivity index (χ1n) is 10.2. The van der Waals surface area contributed by atoms with Crippen molar-refractivity contribution in [3.8, 4) is 17.0 Å². The highest BCUT2D eigenvalue weighted by Gasteiger charge is 2.31. The van der Waals surface area contributed by atoms with Crippen molar-refractivity contribution in [2.45, 2.75) is 46.1 Å². The van der Waals surface area contributed by atoms with Gasteiger partial charge in [-0.05, 0) is 56.5 Å². The number of carbonyl (C=O) groups is 1. The molecule has 0 saturated carbocycles. The quantitative estimate of drug-likeness (QED) is 0.527. The van der Waals surface area contributed by atoms with Crippen molar-refractivity contribution < 1.29 is 9.53 Å². The van der Waals surface area contributed by atoms with E-state index < -0.39 is 5.41 Å². The molecule has 0 radical (unpaired) electrons. The van der Waals surface area contributed by atoms with Crippen LogP contribution in [0.1, 0.15) is 51.2 Å². The maximum absolute atomic E-state index is 13.1. The van der Waals surface area contributed by atoms with Gasteiger partial charge in [0, 0.05) is 23.3 Å². The summed E-state index contributed by atoms with van der Waals surface area (Å²) >= 11 is 1.54. The summed E-state index contributed by atoms with van der Waals surface area (Å²) in [7, 11) is 0. The molecule has 0 spiro atoms. The van der Waals surface area contributed by atoms with Crippen LogP contribution >= 0.6 is 11.3 Å². The number of thiazole rings is 1. The molecule has 0 fully saturated rings. The van der Waals surface area contributed by atoms with Crippen LogP contribution in [0.5, 0.6) is 5.75 Å². The molecule has 6 heteroatoms. The number of hydrogen-bond acceptors (Lipinski definition) is 5. The molecular formula is C24H29N3O2S. The molecule has 0 bridgehead atoms. The van der Waals surface area contributed by atoms with Crippen LogP contribution in [0.3, 0.4) is 0 Å². The lowest BCUT2D eigenvalue weighted by Gasteiger charge is -2.26. The van der Waals surface area contributed by atoms with Gasteiger partial charge in [-0.2, -0.15) is 0 Å². The van der Waals surface area contributed by atoms with Gasteiger partial charge in [-0.1, -0.05) is 26.0 Å². The van der Waals surface area contributed by atoms with Gasteiger partial charge < -0.3 is 10.1 Å². The van der Waals surface area contributed by atoms with Gasteiger partial charge in [0.05, 0.1) is 23.8 Å². The molecule has 0 aliphatic rings. The summed E-state index contributed by atoms with van der Waals surface area (Å²) in [6.45, 7) is 10.7. The summed E-state index contributed by atoms with van der Waals surface area (Å²) < 4.78 is 5.74. The molecule has 0 aliphatic carbocycles. The van der Waals surface area contributed by atoms with Crippen LogP contribution in [0.2, 0.25) is 0 Å². The van der Waals surface area contributed by atoms with E-state index in [-0.39, 0.29) is 11.9 Å². The Bertz CT molecular complexity index is 966. The van der Waals surface area contributed by atoms with Gasteiger partial charge in [0.15, 0.2) is 0 Å². The first kappa shape index (κ1) is 22.0. The maximum atomic E-state index is 13.1. The normalized spacial score (nSPS) is 12.6. The summed E-state index contributed by atoms with van der Waals surface area (Å²) in [4.78, 5) is 21.9. The minimum absolute atomic E-state index is 0.0380. The van der Waals surface area contributed by atoms with Crippen LogP contribution < -0.4 is 10.1 Å². The third-order valence-corrected chi connectivity index (χ3v) is 5.95. The smallest absolute Gasteiger partial charge is 0.230 e. The number of pyridine rings is 1. The average molecular weight is 424 g/mol. The Balaban J connectivity index is 1.66. The second kappa shape index (κ2) is 9.39. The first-order valence-corrected chi connectivity index (χ1v) is 11.1. The van der Waals surface area contributed by atoms with E-state index in [9.17, 15) is 4.79 Å². The molecule has 1 unspecified atom stereocenters. The van der Waals surface area contributed by atoms with Gasteiger partial charge in [0.2, 0.25) is 5.91 Å². The zero-order valence-corrected chi connectivity index (χ0v) is 19.0. The summed E-state index contributed by atoms with van der Waals surface area (Å²) in [6, 6.07) is 11.5. The number of amides is 1. The minimum atomic E-state index is -0.672. The third kappa shape index (κ3) is 5.25. The lowest BCUT2D eigenvalue weighted by atomic mass is 9.83. The second-order valence-electron chi connectivity index (χ2n) is 8.36. The van der Waals surface area contributed by atoms with E-state index in [1.54, 1.807) is 23.7 Å². The molecule has 2 heterocycles. The van der Waals surface area contributed by atoms with E-state index in [4.69, 9.17) is 4.74 Å². The van der Waals surface area contributed by atoms with Crippen LogP contribution in [0.15, 0.2) is 54.2 Å². The number of ether oxygens (including phenoxy) is 1. The molecule has 3 aromatic rings. The zero-order valence-electron chi connectivity index (χ0n) is 18.2. The highest BCUT2D eigenvalue weighted by atomic mass is 32.1. The van der Waals surface area contributed by atoms with Crippen LogP contribution in [-0.4, -0.2) is 22.5 Å². The Kier molecular flexibility index (Phi) is 6.87. The summed E-state index contributed by atoms with van der Waals surface area (Å²) in [6.07, 6.45) is 3.53. The lowest BCUT2D eigenvalue weighted by Crippen LogP contribution is -2.41. The molecule has 5 nitrogen and oxygen atoms in total. The van der Waals surface area contributed by atoms with Gasteiger partial charge in [-0.3, -0.25) is 9.78 Å². The largest absolute Gasteiger partial charge is 0.493 e. The summed E-state index contributed by atoms with van der Waals surface area (Å²) in [5.41, 5.74) is 2.12. The number of rotatable bonds is 8. The molecule has 1 N–H and O–H groups in total. The van der Waals surface area contributed by atoms with Crippen molar-refractivity contribution in [3.63, 3.8) is 0 Å². The van der Waals surface area contributed by atoms with Crippen molar-refractivity contribution in [2.24, 2.45) is 5.92 Å². The lowest BCUT2D eigenvalue weighted by molar-refractivity contribution is -0.126. The Labute approximate surface area is 182 Å². The molecule has 3 rings (SSSR count). The summed E-state index contributed by atoms with van der Waals surface area (Å²) in [5.74, 6) is 1.25. The van der Waals surface area contributed by atoms with Crippen molar-refractivity contribution in [1.29, 1.82) is 0 Å². The molecule has 158 valence electrons. The molecule has 0 aliphatic heterocycles. The van der Waals surface area contributed by atoms with Crippen LogP contribution in [0.25, 0.3) is 11.3 Å².